The topological polar surface area (TPSA) is 115 Å². The number of methoxy groups -OCH3 is 1. The Morgan fingerprint density at radius 2 is 1.56 bits per heavy atom. The van der Waals surface area contributed by atoms with Gasteiger partial charge in [0.15, 0.2) is 0 Å². The van der Waals surface area contributed by atoms with E-state index in [1.54, 1.807) is 38.3 Å². The summed E-state index contributed by atoms with van der Waals surface area (Å²) in [5.41, 5.74) is 1.74. The summed E-state index contributed by atoms with van der Waals surface area (Å²) in [7, 11) is 1.55. The molecule has 0 radical (unpaired) electrons. The predicted octanol–water partition coefficient (Wildman–Crippen LogP) is -0.267. The van der Waals surface area contributed by atoms with E-state index in [0.717, 1.165) is 30.9 Å². The van der Waals surface area contributed by atoms with Gasteiger partial charge in [0.25, 0.3) is 11.8 Å². The molecule has 1 unspecified atom stereocenters. The van der Waals surface area contributed by atoms with Crippen LogP contribution in [0.1, 0.15) is 25.3 Å². The maximum absolute atomic E-state index is 13.0. The minimum atomic E-state index is -1.29. The third-order valence-corrected chi connectivity index (χ3v) is 6.74. The van der Waals surface area contributed by atoms with Crippen LogP contribution in [-0.2, 0) is 19.9 Å². The normalized spacial score (nSPS) is 23.8. The molecule has 1 atom stereocenters. The number of hydrazine groups is 1. The molecule has 11 heteroatoms. The number of rotatable bonds is 7. The van der Waals surface area contributed by atoms with Gasteiger partial charge < -0.3 is 15.0 Å². The Morgan fingerprint density at radius 3 is 2.15 bits per heavy atom. The largest absolute Gasteiger partial charge is 0.497 e. The van der Waals surface area contributed by atoms with Crippen molar-refractivity contribution in [3.8, 4) is 5.75 Å². The molecule has 11 nitrogen and oxygen atoms in total. The molecule has 5 amide bonds. The number of nitrogens with one attached hydrogen (secondary N) is 2. The van der Waals surface area contributed by atoms with E-state index in [1.165, 1.54) is 0 Å². The number of hydrogen-bond acceptors (Lipinski definition) is 7. The third kappa shape index (κ3) is 5.00. The van der Waals surface area contributed by atoms with Gasteiger partial charge in [-0.3, -0.25) is 29.6 Å². The Bertz CT molecular complexity index is 940. The monoisotopic (exact) mass is 472 g/mol. The average Bonchev–Trinajstić information content (AvgIpc) is 3.45. The zero-order valence-corrected chi connectivity index (χ0v) is 19.7. The summed E-state index contributed by atoms with van der Waals surface area (Å²) >= 11 is 0. The van der Waals surface area contributed by atoms with Gasteiger partial charge in [0.1, 0.15) is 11.3 Å². The van der Waals surface area contributed by atoms with E-state index in [0.29, 0.717) is 44.0 Å². The van der Waals surface area contributed by atoms with E-state index < -0.39 is 23.4 Å². The smallest absolute Gasteiger partial charge is 0.344 e. The van der Waals surface area contributed by atoms with E-state index in [-0.39, 0.29) is 12.5 Å². The second kappa shape index (κ2) is 9.98. The minimum Gasteiger partial charge on any atom is -0.497 e. The zero-order valence-electron chi connectivity index (χ0n) is 19.7. The van der Waals surface area contributed by atoms with Crippen LogP contribution >= 0.6 is 0 Å². The van der Waals surface area contributed by atoms with E-state index in [9.17, 15) is 19.2 Å². The van der Waals surface area contributed by atoms with Crippen LogP contribution in [-0.4, -0.2) is 103 Å². The molecule has 0 aliphatic carbocycles. The summed E-state index contributed by atoms with van der Waals surface area (Å²) in [6.07, 6.45) is 2.15. The SMILES string of the molecule is COc1ccc(C2(C)NC(=O)N(NC(=O)CN3CCN(CC(=O)N4CCCC4)CC3)C2=O)cc1. The van der Waals surface area contributed by atoms with Crippen LogP contribution in [0, 0.1) is 0 Å². The number of piperazine rings is 1. The first-order chi connectivity index (χ1) is 16.3. The number of hydrogen-bond donors (Lipinski definition) is 2. The van der Waals surface area contributed by atoms with Crippen molar-refractivity contribution in [2.24, 2.45) is 0 Å². The van der Waals surface area contributed by atoms with Crippen LogP contribution in [0.3, 0.4) is 0 Å². The van der Waals surface area contributed by atoms with Crippen molar-refractivity contribution in [1.82, 2.24) is 30.5 Å². The number of ether oxygens (including phenoxy) is 1. The van der Waals surface area contributed by atoms with Gasteiger partial charge in [0, 0.05) is 39.3 Å². The van der Waals surface area contributed by atoms with Gasteiger partial charge in [0.05, 0.1) is 20.2 Å². The number of carbonyl (C=O) groups excluding carboxylic acids is 4. The molecule has 3 aliphatic heterocycles. The van der Waals surface area contributed by atoms with Crippen LogP contribution in [0.4, 0.5) is 4.79 Å². The van der Waals surface area contributed by atoms with Crippen molar-refractivity contribution in [3.05, 3.63) is 29.8 Å². The summed E-state index contributed by atoms with van der Waals surface area (Å²) < 4.78 is 5.14. The Hall–Kier alpha value is -3.18. The first kappa shape index (κ1) is 24.0. The maximum atomic E-state index is 13.0. The highest BCUT2D eigenvalue weighted by Crippen LogP contribution is 2.29. The average molecular weight is 473 g/mol. The van der Waals surface area contributed by atoms with E-state index in [4.69, 9.17) is 4.74 Å². The molecule has 0 saturated carbocycles. The zero-order chi connectivity index (χ0) is 24.3. The van der Waals surface area contributed by atoms with Crippen LogP contribution in [0.15, 0.2) is 24.3 Å². The van der Waals surface area contributed by atoms with Gasteiger partial charge in [-0.1, -0.05) is 12.1 Å². The van der Waals surface area contributed by atoms with Gasteiger partial charge in [-0.15, -0.1) is 0 Å². The highest BCUT2D eigenvalue weighted by molar-refractivity contribution is 6.08. The molecule has 0 spiro atoms. The summed E-state index contributed by atoms with van der Waals surface area (Å²) in [6.45, 7) is 6.39. The molecule has 3 saturated heterocycles. The highest BCUT2D eigenvalue weighted by atomic mass is 16.5. The molecule has 0 bridgehead atoms. The van der Waals surface area contributed by atoms with Crippen LogP contribution in [0.25, 0.3) is 0 Å². The van der Waals surface area contributed by atoms with E-state index in [1.807, 2.05) is 9.80 Å². The van der Waals surface area contributed by atoms with Crippen molar-refractivity contribution < 1.29 is 23.9 Å². The lowest BCUT2D eigenvalue weighted by Gasteiger charge is -2.34. The Labute approximate surface area is 198 Å². The molecule has 1 aromatic rings. The molecule has 0 aromatic heterocycles. The van der Waals surface area contributed by atoms with Gasteiger partial charge in [-0.25, -0.2) is 4.79 Å². The minimum absolute atomic E-state index is 0.0597. The molecule has 3 heterocycles. The fourth-order valence-electron chi connectivity index (χ4n) is 4.59. The number of likely N-dealkylation sites (tertiary alicyclic amines) is 1. The number of benzene rings is 1. The Morgan fingerprint density at radius 1 is 0.971 bits per heavy atom. The summed E-state index contributed by atoms with van der Waals surface area (Å²) in [6, 6.07) is 6.15. The van der Waals surface area contributed by atoms with Crippen molar-refractivity contribution in [1.29, 1.82) is 0 Å². The number of urea groups is 1. The first-order valence-corrected chi connectivity index (χ1v) is 11.6. The van der Waals surface area contributed by atoms with E-state index >= 15 is 0 Å². The summed E-state index contributed by atoms with van der Waals surface area (Å²) in [4.78, 5) is 56.4. The molecule has 34 heavy (non-hydrogen) atoms. The van der Waals surface area contributed by atoms with Gasteiger partial charge in [-0.05, 0) is 37.5 Å². The molecule has 3 fully saturated rings. The third-order valence-electron chi connectivity index (χ3n) is 6.74. The number of carbonyl (C=O) groups is 4. The van der Waals surface area contributed by atoms with Crippen LogP contribution < -0.4 is 15.5 Å². The molecular weight excluding hydrogens is 440 g/mol. The standard InChI is InChI=1S/C23H32N6O5/c1-23(17-5-7-18(34-2)8-6-17)21(32)29(22(33)24-23)25-19(30)15-26-11-13-27(14-12-26)16-20(31)28-9-3-4-10-28/h5-8H,3-4,9-16H2,1-2H3,(H,24,33)(H,25,30). The Kier molecular flexibility index (Phi) is 7.03. The van der Waals surface area contributed by atoms with Crippen LogP contribution in [0.5, 0.6) is 5.75 Å². The molecule has 1 aromatic carbocycles. The van der Waals surface area contributed by atoms with Gasteiger partial charge in [-0.2, -0.15) is 5.01 Å². The lowest BCUT2D eigenvalue weighted by Crippen LogP contribution is -2.54. The second-order valence-corrected chi connectivity index (χ2v) is 9.10. The molecule has 4 rings (SSSR count). The predicted molar refractivity (Wildman–Crippen MR) is 123 cm³/mol. The lowest BCUT2D eigenvalue weighted by molar-refractivity contribution is -0.139. The van der Waals surface area contributed by atoms with Crippen molar-refractivity contribution in [2.75, 3.05) is 59.5 Å². The van der Waals surface area contributed by atoms with Crippen molar-refractivity contribution in [3.63, 3.8) is 0 Å². The molecule has 184 valence electrons. The number of imide groups is 1. The second-order valence-electron chi connectivity index (χ2n) is 9.10. The van der Waals surface area contributed by atoms with Gasteiger partial charge in [0.2, 0.25) is 5.91 Å². The Balaban J connectivity index is 1.26. The number of amides is 5. The van der Waals surface area contributed by atoms with Gasteiger partial charge >= 0.3 is 6.03 Å². The van der Waals surface area contributed by atoms with E-state index in [2.05, 4.69) is 15.6 Å². The molecular formula is C23H32N6O5. The summed E-state index contributed by atoms with van der Waals surface area (Å²) in [5.74, 6) is -0.192. The van der Waals surface area contributed by atoms with Crippen molar-refractivity contribution in [2.45, 2.75) is 25.3 Å². The number of nitrogens with zero attached hydrogens (tertiary/aromatic N) is 4. The molecule has 2 N–H and O–H groups in total. The summed E-state index contributed by atoms with van der Waals surface area (Å²) in [5, 5.41) is 3.41. The van der Waals surface area contributed by atoms with Crippen LogP contribution in [0.2, 0.25) is 0 Å². The quantitative estimate of drug-likeness (QED) is 0.525. The molecule has 3 aliphatic rings. The van der Waals surface area contributed by atoms with Crippen molar-refractivity contribution >= 4 is 23.8 Å². The lowest BCUT2D eigenvalue weighted by atomic mass is 9.92. The fraction of sp³-hybridized carbons (Fsp3) is 0.565. The maximum Gasteiger partial charge on any atom is 0.344 e. The first-order valence-electron chi connectivity index (χ1n) is 11.6. The highest BCUT2D eigenvalue weighted by Gasteiger charge is 2.50. The fourth-order valence-corrected chi connectivity index (χ4v) is 4.59.